The van der Waals surface area contributed by atoms with Crippen LogP contribution in [0, 0.1) is 3.57 Å². The first-order valence-corrected chi connectivity index (χ1v) is 6.48. The Balaban J connectivity index is 3.19. The molecule has 0 N–H and O–H groups in total. The van der Waals surface area contributed by atoms with Gasteiger partial charge < -0.3 is 0 Å². The molecular weight excluding hydrogens is 400 g/mol. The van der Waals surface area contributed by atoms with Crippen LogP contribution in [0.15, 0.2) is 18.2 Å². The molecule has 0 unspecified atom stereocenters. The zero-order valence-corrected chi connectivity index (χ0v) is 11.7. The second-order valence-corrected chi connectivity index (χ2v) is 4.84. The van der Waals surface area contributed by atoms with Gasteiger partial charge in [-0.15, -0.1) is 0 Å². The van der Waals surface area contributed by atoms with Gasteiger partial charge >= 0.3 is 6.18 Å². The van der Waals surface area contributed by atoms with E-state index in [1.54, 1.807) is 6.07 Å². The molecule has 0 aliphatic rings. The van der Waals surface area contributed by atoms with Gasteiger partial charge in [-0.25, -0.2) is 0 Å². The smallest absolute Gasteiger partial charge is 0.298 e. The van der Waals surface area contributed by atoms with Crippen molar-refractivity contribution in [1.82, 2.24) is 0 Å². The summed E-state index contributed by atoms with van der Waals surface area (Å²) in [6.45, 7) is 0. The molecular formula is C10H7BrF3IO. The fourth-order valence-electron chi connectivity index (χ4n) is 1.25. The molecule has 0 aliphatic heterocycles. The number of alkyl halides is 4. The number of ketones is 1. The average Bonchev–Trinajstić information content (AvgIpc) is 2.19. The summed E-state index contributed by atoms with van der Waals surface area (Å²) in [7, 11) is 0. The van der Waals surface area contributed by atoms with Crippen LogP contribution in [0.5, 0.6) is 0 Å². The first-order valence-electron chi connectivity index (χ1n) is 4.28. The van der Waals surface area contributed by atoms with E-state index in [1.165, 1.54) is 6.07 Å². The van der Waals surface area contributed by atoms with Crippen molar-refractivity contribution in [1.29, 1.82) is 0 Å². The van der Waals surface area contributed by atoms with Crippen LogP contribution in [-0.4, -0.2) is 11.1 Å². The fraction of sp³-hybridized carbons (Fsp3) is 0.300. The molecule has 0 saturated carbocycles. The topological polar surface area (TPSA) is 17.1 Å². The van der Waals surface area contributed by atoms with Crippen LogP contribution in [0.2, 0.25) is 0 Å². The van der Waals surface area contributed by atoms with Crippen LogP contribution in [0.25, 0.3) is 0 Å². The van der Waals surface area contributed by atoms with E-state index in [-0.39, 0.29) is 23.1 Å². The van der Waals surface area contributed by atoms with Gasteiger partial charge in [0, 0.05) is 9.99 Å². The summed E-state index contributed by atoms with van der Waals surface area (Å²) in [6, 6.07) is 3.90. The molecule has 0 atom stereocenters. The highest BCUT2D eigenvalue weighted by molar-refractivity contribution is 14.1. The number of hydrogen-bond acceptors (Lipinski definition) is 1. The molecule has 0 aromatic heterocycles. The molecule has 0 fully saturated rings. The summed E-state index contributed by atoms with van der Waals surface area (Å²) in [6.07, 6.45) is -4.61. The van der Waals surface area contributed by atoms with E-state index >= 15 is 0 Å². The molecule has 0 spiro atoms. The molecule has 6 heteroatoms. The molecule has 1 aromatic carbocycles. The minimum absolute atomic E-state index is 0.0556. The Morgan fingerprint density at radius 3 is 2.50 bits per heavy atom. The Bertz CT molecular complexity index is 404. The summed E-state index contributed by atoms with van der Waals surface area (Å²) < 4.78 is 38.4. The first-order chi connectivity index (χ1) is 7.36. The lowest BCUT2D eigenvalue weighted by molar-refractivity contribution is -0.138. The molecule has 0 saturated heterocycles. The average molecular weight is 407 g/mol. The molecule has 0 heterocycles. The van der Waals surface area contributed by atoms with Crippen LogP contribution in [0.4, 0.5) is 13.2 Å². The molecule has 88 valence electrons. The number of halogens is 5. The maximum Gasteiger partial charge on any atom is 0.416 e. The second-order valence-electron chi connectivity index (χ2n) is 3.11. The number of Topliss-reactive ketones (excluding diaryl/α,β-unsaturated/α-hetero) is 1. The van der Waals surface area contributed by atoms with Crippen molar-refractivity contribution in [3.05, 3.63) is 32.9 Å². The molecule has 0 aliphatic carbocycles. The predicted molar refractivity (Wildman–Crippen MR) is 66.7 cm³/mol. The first kappa shape index (κ1) is 14.0. The third kappa shape index (κ3) is 3.44. The Morgan fingerprint density at radius 2 is 2.00 bits per heavy atom. The molecule has 1 rings (SSSR count). The van der Waals surface area contributed by atoms with E-state index in [0.29, 0.717) is 3.57 Å². The van der Waals surface area contributed by atoms with Crippen molar-refractivity contribution in [3.63, 3.8) is 0 Å². The van der Waals surface area contributed by atoms with E-state index in [1.807, 2.05) is 22.6 Å². The standard InChI is InChI=1S/C10H7BrF3IO/c11-5-6(16)4-7-8(10(12,13)14)2-1-3-9(7)15/h1-3H,4-5H2. The lowest BCUT2D eigenvalue weighted by atomic mass is 10.0. The largest absolute Gasteiger partial charge is 0.416 e. The van der Waals surface area contributed by atoms with Gasteiger partial charge in [0.15, 0.2) is 0 Å². The number of carbonyl (C=O) groups excluding carboxylic acids is 1. The summed E-state index contributed by atoms with van der Waals surface area (Å²) in [4.78, 5) is 11.2. The molecule has 16 heavy (non-hydrogen) atoms. The van der Waals surface area contributed by atoms with Crippen molar-refractivity contribution in [2.75, 3.05) is 5.33 Å². The van der Waals surface area contributed by atoms with Gasteiger partial charge in [0.25, 0.3) is 0 Å². The third-order valence-corrected chi connectivity index (χ3v) is 3.58. The molecule has 0 radical (unpaired) electrons. The lowest BCUT2D eigenvalue weighted by Crippen LogP contribution is -2.14. The van der Waals surface area contributed by atoms with Crippen LogP contribution in [-0.2, 0) is 17.4 Å². The third-order valence-electron chi connectivity index (χ3n) is 1.95. The number of hydrogen-bond donors (Lipinski definition) is 0. The second kappa shape index (κ2) is 5.48. The maximum atomic E-state index is 12.7. The summed E-state index contributed by atoms with van der Waals surface area (Å²) in [5, 5.41) is 0.0648. The summed E-state index contributed by atoms with van der Waals surface area (Å²) in [5.41, 5.74) is -0.672. The molecule has 1 aromatic rings. The minimum atomic E-state index is -4.41. The highest BCUT2D eigenvalue weighted by Gasteiger charge is 2.34. The number of rotatable bonds is 3. The van der Waals surface area contributed by atoms with Gasteiger partial charge in [0.1, 0.15) is 5.78 Å². The summed E-state index contributed by atoms with van der Waals surface area (Å²) in [5.74, 6) is -0.269. The van der Waals surface area contributed by atoms with Crippen molar-refractivity contribution in [2.24, 2.45) is 0 Å². The van der Waals surface area contributed by atoms with Crippen molar-refractivity contribution < 1.29 is 18.0 Å². The van der Waals surface area contributed by atoms with Crippen LogP contribution < -0.4 is 0 Å². The normalized spacial score (nSPS) is 11.6. The molecule has 1 nitrogen and oxygen atoms in total. The monoisotopic (exact) mass is 406 g/mol. The van der Waals surface area contributed by atoms with E-state index < -0.39 is 11.7 Å². The van der Waals surface area contributed by atoms with Gasteiger partial charge in [0.2, 0.25) is 0 Å². The number of carbonyl (C=O) groups is 1. The highest BCUT2D eigenvalue weighted by atomic mass is 127. The maximum absolute atomic E-state index is 12.7. The van der Waals surface area contributed by atoms with E-state index in [9.17, 15) is 18.0 Å². The Labute approximate surface area is 113 Å². The Morgan fingerprint density at radius 1 is 1.38 bits per heavy atom. The lowest BCUT2D eigenvalue weighted by Gasteiger charge is -2.13. The zero-order chi connectivity index (χ0) is 12.3. The zero-order valence-electron chi connectivity index (χ0n) is 7.94. The molecule has 0 bridgehead atoms. The molecule has 0 amide bonds. The summed E-state index contributed by atoms with van der Waals surface area (Å²) >= 11 is 4.75. The van der Waals surface area contributed by atoms with Gasteiger partial charge in [-0.3, -0.25) is 4.79 Å². The van der Waals surface area contributed by atoms with Gasteiger partial charge in [0.05, 0.1) is 10.9 Å². The Hall–Kier alpha value is -0.110. The van der Waals surface area contributed by atoms with E-state index in [2.05, 4.69) is 15.9 Å². The van der Waals surface area contributed by atoms with Crippen molar-refractivity contribution in [2.45, 2.75) is 12.6 Å². The van der Waals surface area contributed by atoms with Gasteiger partial charge in [-0.1, -0.05) is 22.0 Å². The highest BCUT2D eigenvalue weighted by Crippen LogP contribution is 2.34. The van der Waals surface area contributed by atoms with Crippen LogP contribution >= 0.6 is 38.5 Å². The fourth-order valence-corrected chi connectivity index (χ4v) is 2.14. The number of benzene rings is 1. The predicted octanol–water partition coefficient (Wildman–Crippen LogP) is 3.82. The van der Waals surface area contributed by atoms with Crippen molar-refractivity contribution >= 4 is 44.3 Å². The van der Waals surface area contributed by atoms with Crippen LogP contribution in [0.3, 0.4) is 0 Å². The Kier molecular flexibility index (Phi) is 4.78. The van der Waals surface area contributed by atoms with E-state index in [0.717, 1.165) is 6.07 Å². The van der Waals surface area contributed by atoms with E-state index in [4.69, 9.17) is 0 Å². The van der Waals surface area contributed by atoms with Crippen LogP contribution in [0.1, 0.15) is 11.1 Å². The van der Waals surface area contributed by atoms with Gasteiger partial charge in [-0.2, -0.15) is 13.2 Å². The van der Waals surface area contributed by atoms with Crippen molar-refractivity contribution in [3.8, 4) is 0 Å². The van der Waals surface area contributed by atoms with Gasteiger partial charge in [-0.05, 0) is 40.3 Å². The minimum Gasteiger partial charge on any atom is -0.298 e. The quantitative estimate of drug-likeness (QED) is 0.551. The SMILES string of the molecule is O=C(CBr)Cc1c(I)cccc1C(F)(F)F.